The quantitative estimate of drug-likeness (QED) is 0.889. The number of nitrogens with zero attached hydrogens (tertiary/aromatic N) is 1. The molecule has 1 amide bonds. The number of nitrogens with one attached hydrogen (secondary N) is 1. The van der Waals surface area contributed by atoms with Crippen LogP contribution in [0, 0.1) is 13.8 Å². The van der Waals surface area contributed by atoms with Crippen LogP contribution in [0.5, 0.6) is 0 Å². The predicted molar refractivity (Wildman–Crippen MR) is 80.8 cm³/mol. The molecule has 0 radical (unpaired) electrons. The molecule has 1 fully saturated rings. The summed E-state index contributed by atoms with van der Waals surface area (Å²) in [4.78, 5) is 14.4. The van der Waals surface area contributed by atoms with E-state index >= 15 is 0 Å². The zero-order valence-corrected chi connectivity index (χ0v) is 12.5. The third-order valence-electron chi connectivity index (χ3n) is 3.84. The minimum absolute atomic E-state index is 0.0101. The van der Waals surface area contributed by atoms with E-state index in [4.69, 9.17) is 0 Å². The molecular formula is C16H24N2O2. The van der Waals surface area contributed by atoms with E-state index < -0.39 is 0 Å². The van der Waals surface area contributed by atoms with Gasteiger partial charge in [-0.3, -0.25) is 9.69 Å². The number of aliphatic hydroxyl groups excluding tert-OH is 1. The van der Waals surface area contributed by atoms with Crippen molar-refractivity contribution in [2.75, 3.05) is 18.4 Å². The molecule has 110 valence electrons. The van der Waals surface area contributed by atoms with Gasteiger partial charge in [0.25, 0.3) is 0 Å². The van der Waals surface area contributed by atoms with Crippen molar-refractivity contribution in [1.29, 1.82) is 0 Å². The minimum atomic E-state index is -0.305. The first-order valence-electron chi connectivity index (χ1n) is 7.27. The zero-order chi connectivity index (χ0) is 14.7. The van der Waals surface area contributed by atoms with Crippen molar-refractivity contribution < 1.29 is 9.90 Å². The van der Waals surface area contributed by atoms with E-state index in [1.807, 2.05) is 37.8 Å². The van der Waals surface area contributed by atoms with Crippen LogP contribution in [0.15, 0.2) is 18.2 Å². The monoisotopic (exact) mass is 276 g/mol. The van der Waals surface area contributed by atoms with Gasteiger partial charge in [-0.05, 0) is 63.4 Å². The first-order chi connectivity index (χ1) is 9.45. The molecule has 0 spiro atoms. The molecule has 1 aliphatic heterocycles. The van der Waals surface area contributed by atoms with E-state index in [0.29, 0.717) is 6.54 Å². The van der Waals surface area contributed by atoms with Crippen molar-refractivity contribution in [2.24, 2.45) is 0 Å². The molecule has 0 bridgehead atoms. The summed E-state index contributed by atoms with van der Waals surface area (Å²) in [7, 11) is 0. The van der Waals surface area contributed by atoms with Crippen LogP contribution in [-0.2, 0) is 4.79 Å². The predicted octanol–water partition coefficient (Wildman–Crippen LogP) is 2.09. The Balaban J connectivity index is 2.00. The smallest absolute Gasteiger partial charge is 0.241 e. The number of β-amino-alcohol motifs (C(OH)–C–C–N with tert-alkyl or cyclic N) is 1. The maximum atomic E-state index is 12.3. The number of aryl methyl sites for hydroxylation is 2. The molecule has 1 aliphatic rings. The largest absolute Gasteiger partial charge is 0.392 e. The molecular weight excluding hydrogens is 252 g/mol. The van der Waals surface area contributed by atoms with Crippen LogP contribution in [-0.4, -0.2) is 41.1 Å². The second kappa shape index (κ2) is 6.37. The van der Waals surface area contributed by atoms with Crippen LogP contribution in [0.25, 0.3) is 0 Å². The van der Waals surface area contributed by atoms with E-state index in [0.717, 1.165) is 36.2 Å². The average Bonchev–Trinajstić information content (AvgIpc) is 2.36. The lowest BCUT2D eigenvalue weighted by atomic mass is 10.1. The standard InChI is InChI=1S/C16H24N2O2/c1-11-7-12(2)9-14(8-11)17-16(20)13(3)18-6-4-5-15(19)10-18/h7-9,13,15,19H,4-6,10H2,1-3H3,(H,17,20). The maximum absolute atomic E-state index is 12.3. The number of piperidine rings is 1. The average molecular weight is 276 g/mol. The van der Waals surface area contributed by atoms with Crippen LogP contribution in [0.2, 0.25) is 0 Å². The van der Waals surface area contributed by atoms with Gasteiger partial charge in [-0.1, -0.05) is 6.07 Å². The van der Waals surface area contributed by atoms with E-state index in [1.54, 1.807) is 0 Å². The fraction of sp³-hybridized carbons (Fsp3) is 0.562. The number of hydrogen-bond donors (Lipinski definition) is 2. The lowest BCUT2D eigenvalue weighted by Crippen LogP contribution is -2.48. The number of likely N-dealkylation sites (tertiary alicyclic amines) is 1. The molecule has 4 heteroatoms. The van der Waals surface area contributed by atoms with Gasteiger partial charge in [-0.2, -0.15) is 0 Å². The molecule has 1 saturated heterocycles. The summed E-state index contributed by atoms with van der Waals surface area (Å²) in [5.74, 6) is -0.0101. The molecule has 2 unspecified atom stereocenters. The fourth-order valence-electron chi connectivity index (χ4n) is 2.79. The highest BCUT2D eigenvalue weighted by Gasteiger charge is 2.26. The van der Waals surface area contributed by atoms with Crippen LogP contribution in [0.1, 0.15) is 30.9 Å². The number of aliphatic hydroxyl groups is 1. The number of amides is 1. The van der Waals surface area contributed by atoms with Crippen molar-refractivity contribution in [3.63, 3.8) is 0 Å². The van der Waals surface area contributed by atoms with E-state index in [1.165, 1.54) is 0 Å². The second-order valence-corrected chi connectivity index (χ2v) is 5.83. The van der Waals surface area contributed by atoms with Gasteiger partial charge in [0, 0.05) is 12.2 Å². The number of hydrogen-bond acceptors (Lipinski definition) is 3. The van der Waals surface area contributed by atoms with E-state index in [9.17, 15) is 9.90 Å². The molecule has 1 heterocycles. The van der Waals surface area contributed by atoms with Crippen molar-refractivity contribution in [3.8, 4) is 0 Å². The molecule has 0 aromatic heterocycles. The van der Waals surface area contributed by atoms with E-state index in [-0.39, 0.29) is 18.1 Å². The summed E-state index contributed by atoms with van der Waals surface area (Å²) < 4.78 is 0. The first kappa shape index (κ1) is 15.0. The topological polar surface area (TPSA) is 52.6 Å². The summed E-state index contributed by atoms with van der Waals surface area (Å²) >= 11 is 0. The zero-order valence-electron chi connectivity index (χ0n) is 12.5. The highest BCUT2D eigenvalue weighted by atomic mass is 16.3. The highest BCUT2D eigenvalue weighted by Crippen LogP contribution is 2.17. The van der Waals surface area contributed by atoms with Crippen LogP contribution in [0.4, 0.5) is 5.69 Å². The van der Waals surface area contributed by atoms with Crippen LogP contribution >= 0.6 is 0 Å². The summed E-state index contributed by atoms with van der Waals surface area (Å²) in [6.07, 6.45) is 1.48. The third kappa shape index (κ3) is 3.81. The van der Waals surface area contributed by atoms with Crippen molar-refractivity contribution in [1.82, 2.24) is 4.90 Å². The summed E-state index contributed by atoms with van der Waals surface area (Å²) in [6.45, 7) is 7.40. The molecule has 4 nitrogen and oxygen atoms in total. The van der Waals surface area contributed by atoms with Gasteiger partial charge in [-0.25, -0.2) is 0 Å². The molecule has 20 heavy (non-hydrogen) atoms. The summed E-state index contributed by atoms with van der Waals surface area (Å²) in [5, 5.41) is 12.7. The van der Waals surface area contributed by atoms with Crippen molar-refractivity contribution in [3.05, 3.63) is 29.3 Å². The Labute approximate surface area is 120 Å². The van der Waals surface area contributed by atoms with Gasteiger partial charge in [0.1, 0.15) is 0 Å². The Morgan fingerprint density at radius 1 is 1.35 bits per heavy atom. The molecule has 0 aliphatic carbocycles. The van der Waals surface area contributed by atoms with Gasteiger partial charge < -0.3 is 10.4 Å². The first-order valence-corrected chi connectivity index (χ1v) is 7.27. The summed E-state index contributed by atoms with van der Waals surface area (Å²) in [6, 6.07) is 5.82. The molecule has 1 aromatic carbocycles. The molecule has 2 atom stereocenters. The second-order valence-electron chi connectivity index (χ2n) is 5.83. The normalized spacial score (nSPS) is 21.5. The van der Waals surface area contributed by atoms with Gasteiger partial charge in [0.15, 0.2) is 0 Å². The minimum Gasteiger partial charge on any atom is -0.392 e. The SMILES string of the molecule is Cc1cc(C)cc(NC(=O)C(C)N2CCCC(O)C2)c1. The Hall–Kier alpha value is -1.39. The lowest BCUT2D eigenvalue weighted by molar-refractivity contribution is -0.121. The van der Waals surface area contributed by atoms with Gasteiger partial charge in [0.05, 0.1) is 12.1 Å². The fourth-order valence-corrected chi connectivity index (χ4v) is 2.79. The van der Waals surface area contributed by atoms with Gasteiger partial charge >= 0.3 is 0 Å². The van der Waals surface area contributed by atoms with Crippen molar-refractivity contribution >= 4 is 11.6 Å². The Morgan fingerprint density at radius 2 is 2.00 bits per heavy atom. The highest BCUT2D eigenvalue weighted by molar-refractivity contribution is 5.94. The summed E-state index contributed by atoms with van der Waals surface area (Å²) in [5.41, 5.74) is 3.12. The lowest BCUT2D eigenvalue weighted by Gasteiger charge is -2.34. The van der Waals surface area contributed by atoms with Gasteiger partial charge in [-0.15, -0.1) is 0 Å². The third-order valence-corrected chi connectivity index (χ3v) is 3.84. The number of benzene rings is 1. The molecule has 0 saturated carbocycles. The maximum Gasteiger partial charge on any atom is 0.241 e. The van der Waals surface area contributed by atoms with Gasteiger partial charge in [0.2, 0.25) is 5.91 Å². The number of carbonyl (C=O) groups excluding carboxylic acids is 1. The number of rotatable bonds is 3. The van der Waals surface area contributed by atoms with Crippen LogP contribution in [0.3, 0.4) is 0 Å². The number of anilines is 1. The van der Waals surface area contributed by atoms with Crippen LogP contribution < -0.4 is 5.32 Å². The molecule has 2 rings (SSSR count). The Kier molecular flexibility index (Phi) is 4.78. The molecule has 1 aromatic rings. The Bertz CT molecular complexity index is 467. The van der Waals surface area contributed by atoms with E-state index in [2.05, 4.69) is 11.4 Å². The van der Waals surface area contributed by atoms with Crippen molar-refractivity contribution in [2.45, 2.75) is 45.8 Å². The number of carbonyl (C=O) groups is 1. The Morgan fingerprint density at radius 3 is 2.60 bits per heavy atom. The molecule has 2 N–H and O–H groups in total.